The molecule has 0 aliphatic carbocycles. The molecule has 0 saturated heterocycles. The van der Waals surface area contributed by atoms with Crippen molar-refractivity contribution in [1.29, 1.82) is 0 Å². The fraction of sp³-hybridized carbons (Fsp3) is 0.214. The molecule has 22 heavy (non-hydrogen) atoms. The van der Waals surface area contributed by atoms with Gasteiger partial charge in [-0.15, -0.1) is 22.6 Å². The first-order valence-electron chi connectivity index (χ1n) is 6.17. The number of nitrogens with zero attached hydrogens (tertiary/aromatic N) is 3. The van der Waals surface area contributed by atoms with Gasteiger partial charge in [0.2, 0.25) is 0 Å². The number of benzene rings is 1. The number of pyridine rings is 1. The highest BCUT2D eigenvalue weighted by Crippen LogP contribution is 2.31. The molecule has 6 nitrogen and oxygen atoms in total. The summed E-state index contributed by atoms with van der Waals surface area (Å²) in [5.41, 5.74) is 1.33. The van der Waals surface area contributed by atoms with Gasteiger partial charge in [0.25, 0.3) is 0 Å². The van der Waals surface area contributed by atoms with E-state index >= 15 is 0 Å². The maximum absolute atomic E-state index is 9.83. The second-order valence-electron chi connectivity index (χ2n) is 4.32. The summed E-state index contributed by atoms with van der Waals surface area (Å²) in [6.07, 6.45) is 0. The number of aromatic hydroxyl groups is 1. The highest BCUT2D eigenvalue weighted by atomic mass is 35.5. The van der Waals surface area contributed by atoms with Crippen LogP contribution in [0.4, 0.5) is 11.5 Å². The number of azo groups is 1. The molecule has 0 amide bonds. The first-order chi connectivity index (χ1) is 10.1. The lowest BCUT2D eigenvalue weighted by atomic mass is 10.1. The van der Waals surface area contributed by atoms with Gasteiger partial charge in [0, 0.05) is 16.1 Å². The van der Waals surface area contributed by atoms with E-state index in [9.17, 15) is 15.3 Å². The molecule has 0 fully saturated rings. The Labute approximate surface area is 138 Å². The van der Waals surface area contributed by atoms with Gasteiger partial charge in [0.05, 0.1) is 24.6 Å². The van der Waals surface area contributed by atoms with Gasteiger partial charge in [-0.2, -0.15) is 0 Å². The number of aromatic nitrogens is 1. The maximum atomic E-state index is 9.83. The van der Waals surface area contributed by atoms with Crippen molar-refractivity contribution in [1.82, 2.24) is 4.98 Å². The van der Waals surface area contributed by atoms with Crippen molar-refractivity contribution in [2.75, 3.05) is 0 Å². The molecular weight excluding hydrogens is 329 g/mol. The molecule has 8 heteroatoms. The Kier molecular flexibility index (Phi) is 6.70. The summed E-state index contributed by atoms with van der Waals surface area (Å²) in [5, 5.41) is 37.1. The predicted octanol–water partition coefficient (Wildman–Crippen LogP) is 3.57. The zero-order valence-electron chi connectivity index (χ0n) is 11.7. The first kappa shape index (κ1) is 18.3. The van der Waals surface area contributed by atoms with Gasteiger partial charge in [0.15, 0.2) is 5.82 Å². The fourth-order valence-corrected chi connectivity index (χ4v) is 1.93. The maximum Gasteiger partial charge on any atom is 0.180 e. The Morgan fingerprint density at radius 1 is 1.05 bits per heavy atom. The molecular formula is C14H15Cl2N3O3. The van der Waals surface area contributed by atoms with E-state index in [0.29, 0.717) is 16.4 Å². The SMILES string of the molecule is Cc1nc(N=Nc2ccc(Cl)cc2)c(CO)c(CO)c1O.Cl. The smallest absolute Gasteiger partial charge is 0.180 e. The van der Waals surface area contributed by atoms with E-state index in [1.807, 2.05) is 0 Å². The third-order valence-electron chi connectivity index (χ3n) is 2.94. The van der Waals surface area contributed by atoms with Gasteiger partial charge in [-0.05, 0) is 31.2 Å². The van der Waals surface area contributed by atoms with Gasteiger partial charge >= 0.3 is 0 Å². The van der Waals surface area contributed by atoms with Crippen molar-refractivity contribution >= 4 is 35.5 Å². The molecule has 0 bridgehead atoms. The summed E-state index contributed by atoms with van der Waals surface area (Å²) >= 11 is 5.78. The third kappa shape index (κ3) is 3.92. The lowest BCUT2D eigenvalue weighted by Gasteiger charge is -2.11. The molecule has 1 aromatic carbocycles. The van der Waals surface area contributed by atoms with Crippen LogP contribution in [0.3, 0.4) is 0 Å². The van der Waals surface area contributed by atoms with E-state index in [2.05, 4.69) is 15.2 Å². The first-order valence-corrected chi connectivity index (χ1v) is 6.55. The van der Waals surface area contributed by atoms with Crippen LogP contribution in [0.25, 0.3) is 0 Å². The summed E-state index contributed by atoms with van der Waals surface area (Å²) in [6, 6.07) is 6.73. The van der Waals surface area contributed by atoms with Crippen LogP contribution in [0.2, 0.25) is 5.02 Å². The van der Waals surface area contributed by atoms with Gasteiger partial charge in [-0.25, -0.2) is 4.98 Å². The van der Waals surface area contributed by atoms with Crippen LogP contribution in [0.5, 0.6) is 5.75 Å². The van der Waals surface area contributed by atoms with E-state index in [1.54, 1.807) is 31.2 Å². The Morgan fingerprint density at radius 3 is 2.18 bits per heavy atom. The second kappa shape index (κ2) is 8.05. The number of aryl methyl sites for hydroxylation is 1. The molecule has 2 aromatic rings. The predicted molar refractivity (Wildman–Crippen MR) is 85.4 cm³/mol. The summed E-state index contributed by atoms with van der Waals surface area (Å²) in [5.74, 6) is 0.0128. The van der Waals surface area contributed by atoms with Crippen molar-refractivity contribution in [3.63, 3.8) is 0 Å². The van der Waals surface area contributed by atoms with E-state index in [-0.39, 0.29) is 35.1 Å². The highest BCUT2D eigenvalue weighted by Gasteiger charge is 2.16. The second-order valence-corrected chi connectivity index (χ2v) is 4.76. The van der Waals surface area contributed by atoms with Crippen molar-refractivity contribution < 1.29 is 15.3 Å². The minimum Gasteiger partial charge on any atom is -0.506 e. The summed E-state index contributed by atoms with van der Waals surface area (Å²) < 4.78 is 0. The molecule has 0 unspecified atom stereocenters. The molecule has 0 atom stereocenters. The van der Waals surface area contributed by atoms with Crippen molar-refractivity contribution in [2.24, 2.45) is 10.2 Å². The lowest BCUT2D eigenvalue weighted by Crippen LogP contribution is -2.00. The van der Waals surface area contributed by atoms with Gasteiger partial charge in [-0.1, -0.05) is 11.6 Å². The minimum atomic E-state index is -0.422. The number of aliphatic hydroxyl groups is 2. The van der Waals surface area contributed by atoms with Crippen LogP contribution in [0.15, 0.2) is 34.5 Å². The summed E-state index contributed by atoms with van der Waals surface area (Å²) in [7, 11) is 0. The van der Waals surface area contributed by atoms with Gasteiger partial charge in [0.1, 0.15) is 5.75 Å². The Balaban J connectivity index is 0.00000242. The Hall–Kier alpha value is -1.73. The monoisotopic (exact) mass is 343 g/mol. The molecule has 2 rings (SSSR count). The third-order valence-corrected chi connectivity index (χ3v) is 3.19. The molecule has 0 saturated carbocycles. The van der Waals surface area contributed by atoms with Gasteiger partial charge in [-0.3, -0.25) is 0 Å². The zero-order valence-corrected chi connectivity index (χ0v) is 13.3. The fourth-order valence-electron chi connectivity index (χ4n) is 1.81. The van der Waals surface area contributed by atoms with Crippen LogP contribution >= 0.6 is 24.0 Å². The minimum absolute atomic E-state index is 0. The molecule has 0 spiro atoms. The van der Waals surface area contributed by atoms with E-state index in [0.717, 1.165) is 0 Å². The van der Waals surface area contributed by atoms with E-state index in [4.69, 9.17) is 11.6 Å². The highest BCUT2D eigenvalue weighted by molar-refractivity contribution is 6.30. The molecule has 1 aromatic heterocycles. The van der Waals surface area contributed by atoms with Gasteiger partial charge < -0.3 is 15.3 Å². The van der Waals surface area contributed by atoms with Crippen molar-refractivity contribution in [3.05, 3.63) is 46.1 Å². The van der Waals surface area contributed by atoms with Crippen LogP contribution in [0.1, 0.15) is 16.8 Å². The van der Waals surface area contributed by atoms with Crippen LogP contribution in [-0.2, 0) is 13.2 Å². The molecule has 0 aliphatic rings. The zero-order chi connectivity index (χ0) is 15.4. The van der Waals surface area contributed by atoms with Crippen molar-refractivity contribution in [2.45, 2.75) is 20.1 Å². The number of hydrogen-bond acceptors (Lipinski definition) is 6. The van der Waals surface area contributed by atoms with E-state index < -0.39 is 13.2 Å². The standard InChI is InChI=1S/C14H14ClN3O3.ClH/c1-8-13(21)11(6-19)12(7-20)14(16-8)18-17-10-4-2-9(15)3-5-10;/h2-5,19-21H,6-7H2,1H3;1H. The molecule has 0 aliphatic heterocycles. The molecule has 0 radical (unpaired) electrons. The number of rotatable bonds is 4. The number of hydrogen-bond donors (Lipinski definition) is 3. The average Bonchev–Trinajstić information content (AvgIpc) is 2.49. The van der Waals surface area contributed by atoms with Crippen LogP contribution in [-0.4, -0.2) is 20.3 Å². The van der Waals surface area contributed by atoms with Crippen LogP contribution in [0, 0.1) is 6.92 Å². The average molecular weight is 344 g/mol. The lowest BCUT2D eigenvalue weighted by molar-refractivity contribution is 0.254. The topological polar surface area (TPSA) is 98.3 Å². The number of halogens is 2. The Morgan fingerprint density at radius 2 is 1.64 bits per heavy atom. The summed E-state index contributed by atoms with van der Waals surface area (Å²) in [6.45, 7) is 0.747. The molecule has 3 N–H and O–H groups in total. The quantitative estimate of drug-likeness (QED) is 0.739. The molecule has 1 heterocycles. The normalized spacial score (nSPS) is 10.7. The molecule has 118 valence electrons. The van der Waals surface area contributed by atoms with Crippen LogP contribution < -0.4 is 0 Å². The van der Waals surface area contributed by atoms with E-state index in [1.165, 1.54) is 0 Å². The van der Waals surface area contributed by atoms with Crippen molar-refractivity contribution in [3.8, 4) is 5.75 Å². The largest absolute Gasteiger partial charge is 0.506 e. The number of aliphatic hydroxyl groups excluding tert-OH is 2. The summed E-state index contributed by atoms with van der Waals surface area (Å²) in [4.78, 5) is 4.08. The Bertz CT molecular complexity index is 676.